The largest absolute Gasteiger partial charge is 0.392 e. The third-order valence-corrected chi connectivity index (χ3v) is 2.92. The molecule has 3 heteroatoms. The van der Waals surface area contributed by atoms with Gasteiger partial charge in [0.05, 0.1) is 6.61 Å². The molecule has 0 spiro atoms. The van der Waals surface area contributed by atoms with Gasteiger partial charge in [-0.2, -0.15) is 0 Å². The number of aliphatic hydroxyl groups is 1. The lowest BCUT2D eigenvalue weighted by atomic mass is 10.2. The molecule has 0 aromatic heterocycles. The molecule has 0 saturated carbocycles. The maximum atomic E-state index is 8.90. The summed E-state index contributed by atoms with van der Waals surface area (Å²) in [6, 6.07) is 5.96. The minimum atomic E-state index is 0.0922. The normalized spacial score (nSPS) is 10.1. The summed E-state index contributed by atoms with van der Waals surface area (Å²) in [5, 5.41) is 8.90. The lowest BCUT2D eigenvalue weighted by Gasteiger charge is -2.02. The van der Waals surface area contributed by atoms with Gasteiger partial charge in [0.1, 0.15) is 0 Å². The third-order valence-electron chi connectivity index (χ3n) is 1.42. The predicted molar refractivity (Wildman–Crippen MR) is 51.8 cm³/mol. The van der Waals surface area contributed by atoms with E-state index in [0.29, 0.717) is 0 Å². The molecular formula is C8H9BrOS. The standard InChI is InChI=1S/C8H9BrOS/c1-11-7-2-3-8(9)6(4-7)5-10/h2-4,10H,5H2,1H3. The van der Waals surface area contributed by atoms with Gasteiger partial charge < -0.3 is 5.11 Å². The maximum absolute atomic E-state index is 8.90. The fourth-order valence-corrected chi connectivity index (χ4v) is 1.64. The van der Waals surface area contributed by atoms with Gasteiger partial charge >= 0.3 is 0 Å². The van der Waals surface area contributed by atoms with E-state index < -0.39 is 0 Å². The predicted octanol–water partition coefficient (Wildman–Crippen LogP) is 2.66. The van der Waals surface area contributed by atoms with Crippen molar-refractivity contribution in [3.8, 4) is 0 Å². The van der Waals surface area contributed by atoms with Crippen molar-refractivity contribution in [3.63, 3.8) is 0 Å². The van der Waals surface area contributed by atoms with Crippen molar-refractivity contribution in [2.24, 2.45) is 0 Å². The highest BCUT2D eigenvalue weighted by Crippen LogP contribution is 2.22. The molecule has 0 saturated heterocycles. The number of hydrogen-bond donors (Lipinski definition) is 1. The molecule has 0 aliphatic carbocycles. The van der Waals surface area contributed by atoms with Crippen LogP contribution in [0.15, 0.2) is 27.6 Å². The van der Waals surface area contributed by atoms with Crippen molar-refractivity contribution in [3.05, 3.63) is 28.2 Å². The van der Waals surface area contributed by atoms with Crippen LogP contribution in [-0.4, -0.2) is 11.4 Å². The van der Waals surface area contributed by atoms with Crippen LogP contribution in [0.25, 0.3) is 0 Å². The number of aliphatic hydroxyl groups excluding tert-OH is 1. The zero-order valence-electron chi connectivity index (χ0n) is 6.17. The van der Waals surface area contributed by atoms with Crippen molar-refractivity contribution in [1.82, 2.24) is 0 Å². The second-order valence-electron chi connectivity index (χ2n) is 2.12. The van der Waals surface area contributed by atoms with Crippen molar-refractivity contribution in [2.45, 2.75) is 11.5 Å². The molecule has 1 aromatic carbocycles. The average Bonchev–Trinajstić information content (AvgIpc) is 2.05. The Kier molecular flexibility index (Phi) is 3.43. The van der Waals surface area contributed by atoms with E-state index in [1.165, 1.54) is 4.90 Å². The Bertz CT molecular complexity index is 250. The van der Waals surface area contributed by atoms with Crippen LogP contribution in [0, 0.1) is 0 Å². The minimum absolute atomic E-state index is 0.0922. The molecule has 0 heterocycles. The van der Waals surface area contributed by atoms with Crippen molar-refractivity contribution in [1.29, 1.82) is 0 Å². The summed E-state index contributed by atoms with van der Waals surface area (Å²) >= 11 is 5.03. The quantitative estimate of drug-likeness (QED) is 0.792. The highest BCUT2D eigenvalue weighted by Gasteiger charge is 1.98. The van der Waals surface area contributed by atoms with E-state index in [-0.39, 0.29) is 6.61 Å². The van der Waals surface area contributed by atoms with E-state index in [4.69, 9.17) is 5.11 Å². The first-order valence-electron chi connectivity index (χ1n) is 3.21. The average molecular weight is 233 g/mol. The molecule has 0 bridgehead atoms. The van der Waals surface area contributed by atoms with E-state index in [2.05, 4.69) is 15.9 Å². The second-order valence-corrected chi connectivity index (χ2v) is 3.85. The molecule has 0 aliphatic rings. The molecule has 1 nitrogen and oxygen atoms in total. The van der Waals surface area contributed by atoms with Crippen LogP contribution in [0.5, 0.6) is 0 Å². The SMILES string of the molecule is CSc1ccc(Br)c(CO)c1. The number of hydrogen-bond acceptors (Lipinski definition) is 2. The lowest BCUT2D eigenvalue weighted by molar-refractivity contribution is 0.281. The van der Waals surface area contributed by atoms with Crippen LogP contribution < -0.4 is 0 Å². The van der Waals surface area contributed by atoms with Crippen LogP contribution in [0.3, 0.4) is 0 Å². The Labute approximate surface area is 78.9 Å². The Hall–Kier alpha value is 0.01000. The zero-order chi connectivity index (χ0) is 8.27. The summed E-state index contributed by atoms with van der Waals surface area (Å²) in [5.74, 6) is 0. The molecule has 0 unspecified atom stereocenters. The smallest absolute Gasteiger partial charge is 0.0693 e. The zero-order valence-corrected chi connectivity index (χ0v) is 8.58. The van der Waals surface area contributed by atoms with Gasteiger partial charge in [-0.3, -0.25) is 0 Å². The molecular weight excluding hydrogens is 224 g/mol. The van der Waals surface area contributed by atoms with Gasteiger partial charge in [-0.25, -0.2) is 0 Å². The molecule has 0 fully saturated rings. The molecule has 1 N–H and O–H groups in total. The topological polar surface area (TPSA) is 20.2 Å². The third kappa shape index (κ3) is 2.22. The molecule has 60 valence electrons. The Morgan fingerprint density at radius 1 is 1.55 bits per heavy atom. The summed E-state index contributed by atoms with van der Waals surface area (Å²) in [6.45, 7) is 0.0922. The minimum Gasteiger partial charge on any atom is -0.392 e. The number of halogens is 1. The summed E-state index contributed by atoms with van der Waals surface area (Å²) in [7, 11) is 0. The number of thioether (sulfide) groups is 1. The van der Waals surface area contributed by atoms with Crippen LogP contribution in [0.2, 0.25) is 0 Å². The molecule has 0 amide bonds. The fourth-order valence-electron chi connectivity index (χ4n) is 0.799. The van der Waals surface area contributed by atoms with Crippen LogP contribution in [0.4, 0.5) is 0 Å². The van der Waals surface area contributed by atoms with Crippen molar-refractivity contribution in [2.75, 3.05) is 6.26 Å². The van der Waals surface area contributed by atoms with Gasteiger partial charge in [0.15, 0.2) is 0 Å². The molecule has 0 radical (unpaired) electrons. The van der Waals surface area contributed by atoms with Gasteiger partial charge in [0, 0.05) is 9.37 Å². The van der Waals surface area contributed by atoms with Gasteiger partial charge in [-0.1, -0.05) is 15.9 Å². The Morgan fingerprint density at radius 3 is 2.82 bits per heavy atom. The number of benzene rings is 1. The fraction of sp³-hybridized carbons (Fsp3) is 0.250. The van der Waals surface area contributed by atoms with E-state index >= 15 is 0 Å². The molecule has 0 atom stereocenters. The van der Waals surface area contributed by atoms with E-state index in [0.717, 1.165) is 10.0 Å². The van der Waals surface area contributed by atoms with Crippen LogP contribution in [-0.2, 0) is 6.61 Å². The van der Waals surface area contributed by atoms with Gasteiger partial charge in [-0.15, -0.1) is 11.8 Å². The summed E-state index contributed by atoms with van der Waals surface area (Å²) in [5.41, 5.74) is 0.942. The Balaban J connectivity index is 3.02. The second kappa shape index (κ2) is 4.14. The molecule has 11 heavy (non-hydrogen) atoms. The lowest BCUT2D eigenvalue weighted by Crippen LogP contribution is -1.84. The monoisotopic (exact) mass is 232 g/mol. The van der Waals surface area contributed by atoms with Crippen molar-refractivity contribution < 1.29 is 5.11 Å². The highest BCUT2D eigenvalue weighted by molar-refractivity contribution is 9.10. The highest BCUT2D eigenvalue weighted by atomic mass is 79.9. The molecule has 0 aliphatic heterocycles. The van der Waals surface area contributed by atoms with Crippen molar-refractivity contribution >= 4 is 27.7 Å². The van der Waals surface area contributed by atoms with Gasteiger partial charge in [0.2, 0.25) is 0 Å². The van der Waals surface area contributed by atoms with E-state index in [1.807, 2.05) is 24.5 Å². The summed E-state index contributed by atoms with van der Waals surface area (Å²) in [4.78, 5) is 1.18. The molecule has 1 aromatic rings. The van der Waals surface area contributed by atoms with Gasteiger partial charge in [-0.05, 0) is 30.0 Å². The van der Waals surface area contributed by atoms with E-state index in [9.17, 15) is 0 Å². The first-order chi connectivity index (χ1) is 5.27. The summed E-state index contributed by atoms with van der Waals surface area (Å²) < 4.78 is 0.970. The maximum Gasteiger partial charge on any atom is 0.0693 e. The van der Waals surface area contributed by atoms with Gasteiger partial charge in [0.25, 0.3) is 0 Å². The first kappa shape index (κ1) is 9.10. The number of rotatable bonds is 2. The van der Waals surface area contributed by atoms with Crippen LogP contribution in [0.1, 0.15) is 5.56 Å². The molecule has 1 rings (SSSR count). The first-order valence-corrected chi connectivity index (χ1v) is 5.23. The van der Waals surface area contributed by atoms with Crippen LogP contribution >= 0.6 is 27.7 Å². The Morgan fingerprint density at radius 2 is 2.27 bits per heavy atom. The van der Waals surface area contributed by atoms with E-state index in [1.54, 1.807) is 11.8 Å². The summed E-state index contributed by atoms with van der Waals surface area (Å²) in [6.07, 6.45) is 2.02.